The van der Waals surface area contributed by atoms with Gasteiger partial charge in [-0.25, -0.2) is 0 Å². The fraction of sp³-hybridized carbons (Fsp3) is 0.375. The largest absolute Gasteiger partial charge is 0.496 e. The summed E-state index contributed by atoms with van der Waals surface area (Å²) >= 11 is 0. The van der Waals surface area contributed by atoms with Crippen LogP contribution in [0.15, 0.2) is 6.20 Å². The number of ether oxygens (including phenoxy) is 1. The highest BCUT2D eigenvalue weighted by Crippen LogP contribution is 2.25. The number of hydrogen-bond donors (Lipinski definition) is 1. The third-order valence-electron chi connectivity index (χ3n) is 3.74. The maximum atomic E-state index is 9.30. The number of aromatic nitrogens is 3. The summed E-state index contributed by atoms with van der Waals surface area (Å²) in [5, 5.41) is 20.6. The molecule has 0 aliphatic carbocycles. The first-order valence-electron chi connectivity index (χ1n) is 6.96. The van der Waals surface area contributed by atoms with Gasteiger partial charge in [-0.05, 0) is 33.3 Å². The zero-order chi connectivity index (χ0) is 16.3. The Bertz CT molecular complexity index is 749. The Labute approximate surface area is 130 Å². The molecular weight excluding hydrogens is 278 g/mol. The molecule has 22 heavy (non-hydrogen) atoms. The fourth-order valence-corrected chi connectivity index (χ4v) is 2.29. The topological polar surface area (TPSA) is 83.7 Å². The summed E-state index contributed by atoms with van der Waals surface area (Å²) in [4.78, 5) is 4.42. The molecule has 0 radical (unpaired) electrons. The van der Waals surface area contributed by atoms with E-state index in [1.54, 1.807) is 13.3 Å². The van der Waals surface area contributed by atoms with Crippen LogP contribution in [-0.2, 0) is 6.54 Å². The van der Waals surface area contributed by atoms with Gasteiger partial charge in [-0.2, -0.15) is 10.4 Å². The highest BCUT2D eigenvalue weighted by Gasteiger charge is 2.13. The molecule has 0 saturated heterocycles. The van der Waals surface area contributed by atoms with Crippen LogP contribution in [-0.4, -0.2) is 22.3 Å². The summed E-state index contributed by atoms with van der Waals surface area (Å²) in [6.45, 7) is 8.08. The van der Waals surface area contributed by atoms with Gasteiger partial charge in [-0.3, -0.25) is 4.98 Å². The van der Waals surface area contributed by atoms with Crippen molar-refractivity contribution in [2.24, 2.45) is 0 Å². The Balaban J connectivity index is 2.29. The molecule has 0 spiro atoms. The first-order chi connectivity index (χ1) is 10.5. The summed E-state index contributed by atoms with van der Waals surface area (Å²) in [6.07, 6.45) is 1.78. The molecule has 2 aromatic rings. The average molecular weight is 297 g/mol. The minimum Gasteiger partial charge on any atom is -0.496 e. The van der Waals surface area contributed by atoms with E-state index in [1.807, 2.05) is 27.7 Å². The second kappa shape index (κ2) is 6.39. The minimum atomic E-state index is 0.453. The molecule has 0 bridgehead atoms. The standard InChI is InChI=1S/C16H19N5O/c1-9-7-18-14(11(3)15(9)22-5)8-19-16-13(6-17)10(2)12(4)20-21-16/h7H,8H2,1-5H3,(H,19,21). The monoisotopic (exact) mass is 297 g/mol. The molecule has 114 valence electrons. The van der Waals surface area contributed by atoms with Gasteiger partial charge >= 0.3 is 0 Å². The highest BCUT2D eigenvalue weighted by atomic mass is 16.5. The second-order valence-corrected chi connectivity index (χ2v) is 5.15. The van der Waals surface area contributed by atoms with Gasteiger partial charge in [-0.1, -0.05) is 0 Å². The number of nitriles is 1. The molecule has 2 aromatic heterocycles. The number of pyridine rings is 1. The zero-order valence-corrected chi connectivity index (χ0v) is 13.5. The maximum Gasteiger partial charge on any atom is 0.167 e. The van der Waals surface area contributed by atoms with Gasteiger partial charge in [0.25, 0.3) is 0 Å². The lowest BCUT2D eigenvalue weighted by Gasteiger charge is -2.14. The molecule has 6 nitrogen and oxygen atoms in total. The molecule has 6 heteroatoms. The maximum absolute atomic E-state index is 9.30. The van der Waals surface area contributed by atoms with Crippen LogP contribution in [0.3, 0.4) is 0 Å². The van der Waals surface area contributed by atoms with Crippen LogP contribution in [0, 0.1) is 39.0 Å². The van der Waals surface area contributed by atoms with Crippen molar-refractivity contribution in [3.63, 3.8) is 0 Å². The van der Waals surface area contributed by atoms with E-state index in [0.29, 0.717) is 17.9 Å². The lowest BCUT2D eigenvalue weighted by molar-refractivity contribution is 0.407. The van der Waals surface area contributed by atoms with Crippen molar-refractivity contribution in [1.82, 2.24) is 15.2 Å². The van der Waals surface area contributed by atoms with Gasteiger partial charge in [0.15, 0.2) is 5.82 Å². The third kappa shape index (κ3) is 2.84. The first kappa shape index (κ1) is 15.7. The Morgan fingerprint density at radius 1 is 1.18 bits per heavy atom. The van der Waals surface area contributed by atoms with Crippen molar-refractivity contribution in [2.75, 3.05) is 12.4 Å². The Morgan fingerprint density at radius 2 is 1.91 bits per heavy atom. The molecule has 0 fully saturated rings. The number of hydrogen-bond acceptors (Lipinski definition) is 6. The van der Waals surface area contributed by atoms with E-state index in [1.165, 1.54) is 0 Å². The molecule has 0 amide bonds. The molecule has 0 unspecified atom stereocenters. The fourth-order valence-electron chi connectivity index (χ4n) is 2.29. The van der Waals surface area contributed by atoms with E-state index in [0.717, 1.165) is 33.8 Å². The van der Waals surface area contributed by atoms with E-state index in [4.69, 9.17) is 4.74 Å². The molecule has 1 N–H and O–H groups in total. The highest BCUT2D eigenvalue weighted by molar-refractivity contribution is 5.56. The smallest absolute Gasteiger partial charge is 0.167 e. The third-order valence-corrected chi connectivity index (χ3v) is 3.74. The van der Waals surface area contributed by atoms with Gasteiger partial charge in [0.1, 0.15) is 17.4 Å². The number of aryl methyl sites for hydroxylation is 2. The molecule has 0 saturated carbocycles. The Hall–Kier alpha value is -2.68. The van der Waals surface area contributed by atoms with Crippen LogP contribution >= 0.6 is 0 Å². The van der Waals surface area contributed by atoms with Gasteiger partial charge in [0.05, 0.1) is 25.0 Å². The van der Waals surface area contributed by atoms with Crippen LogP contribution in [0.1, 0.15) is 33.6 Å². The lowest BCUT2D eigenvalue weighted by atomic mass is 10.1. The predicted molar refractivity (Wildman–Crippen MR) is 83.8 cm³/mol. The van der Waals surface area contributed by atoms with Gasteiger partial charge in [-0.15, -0.1) is 5.10 Å². The summed E-state index contributed by atoms with van der Waals surface area (Å²) in [6, 6.07) is 2.18. The normalized spacial score (nSPS) is 10.2. The van der Waals surface area contributed by atoms with Crippen LogP contribution in [0.5, 0.6) is 5.75 Å². The van der Waals surface area contributed by atoms with Crippen LogP contribution < -0.4 is 10.1 Å². The van der Waals surface area contributed by atoms with Crippen molar-refractivity contribution in [3.8, 4) is 11.8 Å². The molecule has 2 rings (SSSR count). The number of nitrogens with one attached hydrogen (secondary N) is 1. The summed E-state index contributed by atoms with van der Waals surface area (Å²) in [5.41, 5.74) is 4.94. The van der Waals surface area contributed by atoms with Crippen LogP contribution in [0.2, 0.25) is 0 Å². The molecule has 0 aliphatic heterocycles. The lowest BCUT2D eigenvalue weighted by Crippen LogP contribution is -2.10. The number of rotatable bonds is 4. The average Bonchev–Trinajstić information content (AvgIpc) is 2.50. The quantitative estimate of drug-likeness (QED) is 0.933. The van der Waals surface area contributed by atoms with Gasteiger partial charge < -0.3 is 10.1 Å². The van der Waals surface area contributed by atoms with Crippen molar-refractivity contribution < 1.29 is 4.74 Å². The van der Waals surface area contributed by atoms with E-state index >= 15 is 0 Å². The first-order valence-corrected chi connectivity index (χ1v) is 6.96. The zero-order valence-electron chi connectivity index (χ0n) is 13.5. The van der Waals surface area contributed by atoms with Crippen molar-refractivity contribution in [2.45, 2.75) is 34.2 Å². The van der Waals surface area contributed by atoms with Crippen molar-refractivity contribution in [3.05, 3.63) is 39.8 Å². The molecule has 2 heterocycles. The minimum absolute atomic E-state index is 0.453. The number of methoxy groups -OCH3 is 1. The molecular formula is C16H19N5O. The van der Waals surface area contributed by atoms with Gasteiger partial charge in [0.2, 0.25) is 0 Å². The van der Waals surface area contributed by atoms with Crippen molar-refractivity contribution in [1.29, 1.82) is 5.26 Å². The second-order valence-electron chi connectivity index (χ2n) is 5.15. The molecule has 0 aromatic carbocycles. The summed E-state index contributed by atoms with van der Waals surface area (Å²) < 4.78 is 5.40. The Kier molecular flexibility index (Phi) is 4.56. The Morgan fingerprint density at radius 3 is 2.55 bits per heavy atom. The number of nitrogens with zero attached hydrogens (tertiary/aromatic N) is 4. The SMILES string of the molecule is COc1c(C)cnc(CNc2nnc(C)c(C)c2C#N)c1C. The molecule has 0 aliphatic rings. The van der Waals surface area contributed by atoms with E-state index in [2.05, 4.69) is 26.6 Å². The summed E-state index contributed by atoms with van der Waals surface area (Å²) in [7, 11) is 1.65. The number of anilines is 1. The van der Waals surface area contributed by atoms with E-state index in [-0.39, 0.29) is 0 Å². The van der Waals surface area contributed by atoms with Gasteiger partial charge in [0, 0.05) is 17.3 Å². The van der Waals surface area contributed by atoms with E-state index in [9.17, 15) is 5.26 Å². The summed E-state index contributed by atoms with van der Waals surface area (Å²) in [5.74, 6) is 1.31. The predicted octanol–water partition coefficient (Wildman–Crippen LogP) is 2.60. The van der Waals surface area contributed by atoms with Crippen LogP contribution in [0.4, 0.5) is 5.82 Å². The van der Waals surface area contributed by atoms with E-state index < -0.39 is 0 Å². The van der Waals surface area contributed by atoms with Crippen molar-refractivity contribution >= 4 is 5.82 Å². The molecule has 0 atom stereocenters. The van der Waals surface area contributed by atoms with Crippen LogP contribution in [0.25, 0.3) is 0 Å².